The molecule has 0 bridgehead atoms. The Balaban J connectivity index is 1.64. The van der Waals surface area contributed by atoms with Crippen LogP contribution in [0.25, 0.3) is 5.65 Å². The number of carbonyl (C=O) groups is 1. The molecule has 36 heavy (non-hydrogen) atoms. The quantitative estimate of drug-likeness (QED) is 0.392. The van der Waals surface area contributed by atoms with Gasteiger partial charge in [-0.1, -0.05) is 11.8 Å². The fourth-order valence-corrected chi connectivity index (χ4v) is 5.41. The molecule has 2 heterocycles. The number of pyridine rings is 1. The van der Waals surface area contributed by atoms with Crippen LogP contribution in [0.5, 0.6) is 0 Å². The molecule has 0 aliphatic carbocycles. The number of fused-ring (bicyclic) bond motifs is 1. The second-order valence-corrected chi connectivity index (χ2v) is 10.9. The Hall–Kier alpha value is -4.00. The number of hydrogen-bond acceptors (Lipinski definition) is 5. The molecule has 0 aliphatic rings. The maximum Gasteiger partial charge on any atom is 0.251 e. The third-order valence-corrected chi connectivity index (χ3v) is 7.33. The minimum atomic E-state index is -3.93. The van der Waals surface area contributed by atoms with Gasteiger partial charge < -0.3 is 14.8 Å². The van der Waals surface area contributed by atoms with Gasteiger partial charge >= 0.3 is 0 Å². The van der Waals surface area contributed by atoms with Gasteiger partial charge in [0.2, 0.25) is 0 Å². The van der Waals surface area contributed by atoms with E-state index in [9.17, 15) is 22.7 Å². The number of amides is 1. The van der Waals surface area contributed by atoms with Crippen molar-refractivity contribution in [2.24, 2.45) is 0 Å². The van der Waals surface area contributed by atoms with Crippen LogP contribution in [-0.2, 0) is 16.4 Å². The third kappa shape index (κ3) is 6.16. The molecule has 2 aromatic carbocycles. The van der Waals surface area contributed by atoms with Crippen molar-refractivity contribution in [2.75, 3.05) is 5.75 Å². The molecule has 4 rings (SSSR count). The van der Waals surface area contributed by atoms with E-state index in [0.29, 0.717) is 5.56 Å². The lowest BCUT2D eigenvalue weighted by Gasteiger charge is -2.18. The van der Waals surface area contributed by atoms with Crippen LogP contribution in [0.3, 0.4) is 0 Å². The van der Waals surface area contributed by atoms with E-state index in [1.54, 1.807) is 6.20 Å². The van der Waals surface area contributed by atoms with Gasteiger partial charge in [-0.25, -0.2) is 17.8 Å². The van der Waals surface area contributed by atoms with Gasteiger partial charge in [0.25, 0.3) is 5.91 Å². The van der Waals surface area contributed by atoms with Crippen LogP contribution in [0.1, 0.15) is 40.9 Å². The number of imidazole rings is 1. The fraction of sp³-hybridized carbons (Fsp3) is 0.185. The highest BCUT2D eigenvalue weighted by Gasteiger charge is 2.27. The standard InChI is InChI=1S/C27H24FN3O4S/c1-27(2,33)18-36(34,35)24-10-7-22(16-21(24)6-3-19-4-8-23(28)9-5-19)26(32)30-17-20-11-13-31-14-12-29-25(31)15-20/h4-5,7-16,33H,17-18H2,1-2H3,(H,30,32). The number of nitrogens with zero attached hydrogens (tertiary/aromatic N) is 2. The summed E-state index contributed by atoms with van der Waals surface area (Å²) in [6.45, 7) is 3.05. The van der Waals surface area contributed by atoms with Crippen LogP contribution < -0.4 is 5.32 Å². The summed E-state index contributed by atoms with van der Waals surface area (Å²) in [5.41, 5.74) is 0.945. The minimum Gasteiger partial charge on any atom is -0.389 e. The molecule has 0 unspecified atom stereocenters. The van der Waals surface area contributed by atoms with E-state index in [-0.39, 0.29) is 22.6 Å². The summed E-state index contributed by atoms with van der Waals surface area (Å²) in [5.74, 6) is 4.27. The average Bonchev–Trinajstić information content (AvgIpc) is 3.28. The first-order valence-electron chi connectivity index (χ1n) is 11.1. The Bertz CT molecular complexity index is 1590. The van der Waals surface area contributed by atoms with E-state index in [0.717, 1.165) is 11.2 Å². The molecule has 0 fully saturated rings. The molecule has 0 atom stereocenters. The van der Waals surface area contributed by atoms with Gasteiger partial charge in [0.15, 0.2) is 9.84 Å². The number of carbonyl (C=O) groups excluding carboxylic acids is 1. The summed E-state index contributed by atoms with van der Waals surface area (Å²) in [7, 11) is -3.93. The molecule has 4 aromatic rings. The second-order valence-electron chi connectivity index (χ2n) is 8.95. The van der Waals surface area contributed by atoms with E-state index in [2.05, 4.69) is 22.1 Å². The molecule has 184 valence electrons. The first-order valence-corrected chi connectivity index (χ1v) is 12.7. The SMILES string of the molecule is CC(C)(O)CS(=O)(=O)c1ccc(C(=O)NCc2ccn3ccnc3c2)cc1C#Cc1ccc(F)cc1. The number of aliphatic hydroxyl groups is 1. The molecule has 2 N–H and O–H groups in total. The summed E-state index contributed by atoms with van der Waals surface area (Å²) >= 11 is 0. The van der Waals surface area contributed by atoms with E-state index in [1.807, 2.05) is 28.9 Å². The van der Waals surface area contributed by atoms with Crippen molar-refractivity contribution in [2.45, 2.75) is 30.9 Å². The Morgan fingerprint density at radius 3 is 2.56 bits per heavy atom. The van der Waals surface area contributed by atoms with Gasteiger partial charge in [-0.3, -0.25) is 4.79 Å². The lowest BCUT2D eigenvalue weighted by atomic mass is 10.1. The summed E-state index contributed by atoms with van der Waals surface area (Å²) < 4.78 is 41.1. The molecule has 0 radical (unpaired) electrons. The first kappa shape index (κ1) is 25.1. The monoisotopic (exact) mass is 505 g/mol. The number of sulfone groups is 1. The molecular weight excluding hydrogens is 481 g/mol. The van der Waals surface area contributed by atoms with E-state index in [1.165, 1.54) is 56.3 Å². The number of benzene rings is 2. The normalized spacial score (nSPS) is 11.7. The molecule has 2 aromatic heterocycles. The molecule has 0 saturated carbocycles. The van der Waals surface area contributed by atoms with Gasteiger partial charge in [-0.15, -0.1) is 0 Å². The molecule has 9 heteroatoms. The summed E-state index contributed by atoms with van der Waals surface area (Å²) in [4.78, 5) is 17.0. The maximum absolute atomic E-state index is 13.2. The lowest BCUT2D eigenvalue weighted by Crippen LogP contribution is -2.30. The van der Waals surface area contributed by atoms with Crippen LogP contribution in [0, 0.1) is 17.7 Å². The number of aromatic nitrogens is 2. The number of nitrogens with one attached hydrogen (secondary N) is 1. The number of rotatable bonds is 6. The first-order chi connectivity index (χ1) is 17.0. The van der Waals surface area contributed by atoms with Crippen molar-refractivity contribution < 1.29 is 22.7 Å². The molecule has 1 amide bonds. The van der Waals surface area contributed by atoms with Crippen molar-refractivity contribution in [3.63, 3.8) is 0 Å². The van der Waals surface area contributed by atoms with Crippen LogP contribution in [0.4, 0.5) is 4.39 Å². The third-order valence-electron chi connectivity index (χ3n) is 5.22. The fourth-order valence-electron chi connectivity index (χ4n) is 3.60. The smallest absolute Gasteiger partial charge is 0.251 e. The lowest BCUT2D eigenvalue weighted by molar-refractivity contribution is 0.0950. The zero-order valence-electron chi connectivity index (χ0n) is 19.7. The van der Waals surface area contributed by atoms with Gasteiger partial charge in [0, 0.05) is 41.8 Å². The number of halogens is 1. The topological polar surface area (TPSA) is 101 Å². The van der Waals surface area contributed by atoms with E-state index >= 15 is 0 Å². The van der Waals surface area contributed by atoms with Crippen LogP contribution in [-0.4, -0.2) is 40.2 Å². The Labute approximate surface area is 208 Å². The Kier molecular flexibility index (Phi) is 6.93. The van der Waals surface area contributed by atoms with Crippen molar-refractivity contribution >= 4 is 21.4 Å². The van der Waals surface area contributed by atoms with Crippen molar-refractivity contribution in [3.8, 4) is 11.8 Å². The van der Waals surface area contributed by atoms with Crippen molar-refractivity contribution in [3.05, 3.63) is 101 Å². The van der Waals surface area contributed by atoms with Crippen LogP contribution in [0.2, 0.25) is 0 Å². The predicted octanol–water partition coefficient (Wildman–Crippen LogP) is 3.35. The van der Waals surface area contributed by atoms with Gasteiger partial charge in [0.1, 0.15) is 11.5 Å². The van der Waals surface area contributed by atoms with Gasteiger partial charge in [0.05, 0.1) is 16.2 Å². The zero-order chi connectivity index (χ0) is 25.9. The maximum atomic E-state index is 13.2. The summed E-state index contributed by atoms with van der Waals surface area (Å²) in [6, 6.07) is 13.3. The van der Waals surface area contributed by atoms with Gasteiger partial charge in [-0.2, -0.15) is 0 Å². The number of hydrogen-bond donors (Lipinski definition) is 2. The summed E-state index contributed by atoms with van der Waals surface area (Å²) in [6.07, 6.45) is 5.34. The summed E-state index contributed by atoms with van der Waals surface area (Å²) in [5, 5.41) is 12.9. The Morgan fingerprint density at radius 2 is 1.83 bits per heavy atom. The van der Waals surface area contributed by atoms with Crippen molar-refractivity contribution in [1.29, 1.82) is 0 Å². The van der Waals surface area contributed by atoms with Crippen molar-refractivity contribution in [1.82, 2.24) is 14.7 Å². The minimum absolute atomic E-state index is 0.0967. The molecule has 0 spiro atoms. The molecule has 0 aliphatic heterocycles. The molecule has 0 saturated heterocycles. The highest BCUT2D eigenvalue weighted by molar-refractivity contribution is 7.91. The predicted molar refractivity (Wildman–Crippen MR) is 134 cm³/mol. The highest BCUT2D eigenvalue weighted by Crippen LogP contribution is 2.22. The van der Waals surface area contributed by atoms with Crippen LogP contribution in [0.15, 0.2) is 78.1 Å². The zero-order valence-corrected chi connectivity index (χ0v) is 20.5. The second kappa shape index (κ2) is 9.93. The van der Waals surface area contributed by atoms with E-state index < -0.39 is 32.9 Å². The highest BCUT2D eigenvalue weighted by atomic mass is 32.2. The van der Waals surface area contributed by atoms with Crippen LogP contribution >= 0.6 is 0 Å². The van der Waals surface area contributed by atoms with Gasteiger partial charge in [-0.05, 0) is 74.0 Å². The van der Waals surface area contributed by atoms with E-state index in [4.69, 9.17) is 0 Å². The molecule has 7 nitrogen and oxygen atoms in total. The Morgan fingerprint density at radius 1 is 1.08 bits per heavy atom. The average molecular weight is 506 g/mol. The molecular formula is C27H24FN3O4S. The largest absolute Gasteiger partial charge is 0.389 e.